The van der Waals surface area contributed by atoms with Gasteiger partial charge in [0.1, 0.15) is 0 Å². The Bertz CT molecular complexity index is 505. The van der Waals surface area contributed by atoms with Crippen LogP contribution >= 0.6 is 0 Å². The van der Waals surface area contributed by atoms with Gasteiger partial charge in [-0.3, -0.25) is 4.79 Å². The van der Waals surface area contributed by atoms with E-state index in [9.17, 15) is 4.79 Å². The Labute approximate surface area is 92.0 Å². The SMILES string of the molecule is Cc1nn(N)nc1C(=O)Nc1ccccc1. The lowest BCUT2D eigenvalue weighted by Gasteiger charge is -2.01. The molecule has 2 rings (SSSR count). The lowest BCUT2D eigenvalue weighted by Crippen LogP contribution is -2.16. The topological polar surface area (TPSA) is 85.8 Å². The number of carbonyl (C=O) groups excluding carboxylic acids is 1. The molecule has 82 valence electrons. The Hall–Kier alpha value is -2.37. The van der Waals surface area contributed by atoms with Gasteiger partial charge < -0.3 is 11.2 Å². The average molecular weight is 217 g/mol. The normalized spacial score (nSPS) is 10.1. The maximum atomic E-state index is 11.8. The molecule has 0 fully saturated rings. The number of para-hydroxylation sites is 1. The Morgan fingerprint density at radius 2 is 2.00 bits per heavy atom. The highest BCUT2D eigenvalue weighted by Gasteiger charge is 2.14. The fraction of sp³-hybridized carbons (Fsp3) is 0.100. The van der Waals surface area contributed by atoms with E-state index in [1.807, 2.05) is 18.2 Å². The number of benzene rings is 1. The molecule has 1 aromatic heterocycles. The molecule has 1 aromatic carbocycles. The first kappa shape index (κ1) is 10.2. The number of nitrogens with two attached hydrogens (primary N) is 1. The number of amides is 1. The summed E-state index contributed by atoms with van der Waals surface area (Å²) in [5.41, 5.74) is 1.43. The van der Waals surface area contributed by atoms with E-state index >= 15 is 0 Å². The number of nitrogens with one attached hydrogen (secondary N) is 1. The van der Waals surface area contributed by atoms with Crippen LogP contribution in [0.2, 0.25) is 0 Å². The second-order valence-corrected chi connectivity index (χ2v) is 3.27. The van der Waals surface area contributed by atoms with E-state index in [0.717, 1.165) is 4.91 Å². The summed E-state index contributed by atoms with van der Waals surface area (Å²) in [5, 5.41) is 10.3. The zero-order valence-electron chi connectivity index (χ0n) is 8.71. The molecule has 0 saturated carbocycles. The molecule has 1 amide bonds. The van der Waals surface area contributed by atoms with Crippen molar-refractivity contribution in [2.24, 2.45) is 0 Å². The summed E-state index contributed by atoms with van der Waals surface area (Å²) in [4.78, 5) is 12.6. The van der Waals surface area contributed by atoms with Crippen LogP contribution in [0.25, 0.3) is 0 Å². The second kappa shape index (κ2) is 4.01. The maximum Gasteiger partial charge on any atom is 0.278 e. The van der Waals surface area contributed by atoms with E-state index in [0.29, 0.717) is 11.4 Å². The zero-order valence-corrected chi connectivity index (χ0v) is 8.71. The van der Waals surface area contributed by atoms with Gasteiger partial charge in [-0.15, -0.1) is 10.2 Å². The second-order valence-electron chi connectivity index (χ2n) is 3.27. The van der Waals surface area contributed by atoms with Crippen LogP contribution in [0.3, 0.4) is 0 Å². The van der Waals surface area contributed by atoms with Crippen LogP contribution in [0, 0.1) is 6.92 Å². The van der Waals surface area contributed by atoms with E-state index in [1.165, 1.54) is 0 Å². The number of carbonyl (C=O) groups is 1. The number of nitrogen functional groups attached to an aromatic ring is 1. The number of aryl methyl sites for hydroxylation is 1. The van der Waals surface area contributed by atoms with Gasteiger partial charge in [0.25, 0.3) is 5.91 Å². The van der Waals surface area contributed by atoms with Crippen LogP contribution in [0.1, 0.15) is 16.2 Å². The summed E-state index contributed by atoms with van der Waals surface area (Å²) < 4.78 is 0. The summed E-state index contributed by atoms with van der Waals surface area (Å²) in [6.07, 6.45) is 0. The number of aromatic nitrogens is 3. The van der Waals surface area contributed by atoms with Crippen LogP contribution in [0.5, 0.6) is 0 Å². The number of hydrogen-bond acceptors (Lipinski definition) is 4. The first-order chi connectivity index (χ1) is 7.66. The lowest BCUT2D eigenvalue weighted by molar-refractivity contribution is 0.102. The third-order valence-corrected chi connectivity index (χ3v) is 2.04. The standard InChI is InChI=1S/C10H11N5O/c1-7-9(14-15(11)13-7)10(16)12-8-5-3-2-4-6-8/h2-6H,11H2,1H3,(H,12,16). The van der Waals surface area contributed by atoms with Crippen molar-refractivity contribution >= 4 is 11.6 Å². The summed E-state index contributed by atoms with van der Waals surface area (Å²) >= 11 is 0. The van der Waals surface area contributed by atoms with Crippen LogP contribution in [0.15, 0.2) is 30.3 Å². The van der Waals surface area contributed by atoms with Gasteiger partial charge in [0.15, 0.2) is 5.69 Å². The first-order valence-electron chi connectivity index (χ1n) is 4.72. The van der Waals surface area contributed by atoms with Gasteiger partial charge in [0.05, 0.1) is 5.69 Å². The van der Waals surface area contributed by atoms with Crippen molar-refractivity contribution in [3.63, 3.8) is 0 Å². The van der Waals surface area contributed by atoms with Crippen LogP contribution in [0.4, 0.5) is 5.69 Å². The third kappa shape index (κ3) is 2.00. The van der Waals surface area contributed by atoms with Crippen LogP contribution < -0.4 is 11.2 Å². The van der Waals surface area contributed by atoms with Gasteiger partial charge in [-0.1, -0.05) is 23.1 Å². The largest absolute Gasteiger partial charge is 0.321 e. The molecule has 2 aromatic rings. The number of hydrogen-bond donors (Lipinski definition) is 2. The molecular formula is C10H11N5O. The highest BCUT2D eigenvalue weighted by atomic mass is 16.2. The summed E-state index contributed by atoms with van der Waals surface area (Å²) in [7, 11) is 0. The quantitative estimate of drug-likeness (QED) is 0.719. The summed E-state index contributed by atoms with van der Waals surface area (Å²) in [5.74, 6) is 5.01. The Morgan fingerprint density at radius 1 is 1.31 bits per heavy atom. The van der Waals surface area contributed by atoms with Gasteiger partial charge in [-0.25, -0.2) is 0 Å². The molecule has 0 radical (unpaired) electrons. The van der Waals surface area contributed by atoms with E-state index in [1.54, 1.807) is 19.1 Å². The minimum Gasteiger partial charge on any atom is -0.321 e. The van der Waals surface area contributed by atoms with E-state index in [2.05, 4.69) is 15.5 Å². The molecule has 0 aliphatic carbocycles. The van der Waals surface area contributed by atoms with Crippen molar-refractivity contribution in [2.75, 3.05) is 11.2 Å². The van der Waals surface area contributed by atoms with Crippen molar-refractivity contribution in [1.29, 1.82) is 0 Å². The summed E-state index contributed by atoms with van der Waals surface area (Å²) in [6.45, 7) is 1.68. The van der Waals surface area contributed by atoms with E-state index in [-0.39, 0.29) is 11.6 Å². The predicted octanol–water partition coefficient (Wildman–Crippen LogP) is 0.553. The number of rotatable bonds is 2. The van der Waals surface area contributed by atoms with Crippen molar-refractivity contribution in [3.05, 3.63) is 41.7 Å². The maximum absolute atomic E-state index is 11.8. The smallest absolute Gasteiger partial charge is 0.278 e. The molecule has 0 spiro atoms. The predicted molar refractivity (Wildman–Crippen MR) is 59.3 cm³/mol. The Kier molecular flexibility index (Phi) is 2.55. The van der Waals surface area contributed by atoms with E-state index in [4.69, 9.17) is 5.84 Å². The molecule has 6 nitrogen and oxygen atoms in total. The van der Waals surface area contributed by atoms with Crippen molar-refractivity contribution in [1.82, 2.24) is 15.1 Å². The molecule has 16 heavy (non-hydrogen) atoms. The van der Waals surface area contributed by atoms with Gasteiger partial charge >= 0.3 is 0 Å². The molecule has 0 bridgehead atoms. The fourth-order valence-corrected chi connectivity index (χ4v) is 1.32. The number of anilines is 1. The minimum absolute atomic E-state index is 0.228. The molecule has 1 heterocycles. The first-order valence-corrected chi connectivity index (χ1v) is 4.72. The molecule has 0 aliphatic heterocycles. The minimum atomic E-state index is -0.319. The Balaban J connectivity index is 2.18. The number of nitrogens with zero attached hydrogens (tertiary/aromatic N) is 3. The summed E-state index contributed by atoms with van der Waals surface area (Å²) in [6, 6.07) is 9.13. The molecule has 3 N–H and O–H groups in total. The molecule has 0 saturated heterocycles. The highest BCUT2D eigenvalue weighted by molar-refractivity contribution is 6.03. The Morgan fingerprint density at radius 3 is 2.56 bits per heavy atom. The third-order valence-electron chi connectivity index (χ3n) is 2.04. The molecule has 0 unspecified atom stereocenters. The fourth-order valence-electron chi connectivity index (χ4n) is 1.32. The highest BCUT2D eigenvalue weighted by Crippen LogP contribution is 2.08. The van der Waals surface area contributed by atoms with Crippen molar-refractivity contribution in [3.8, 4) is 0 Å². The molecule has 0 aliphatic rings. The lowest BCUT2D eigenvalue weighted by atomic mass is 10.3. The van der Waals surface area contributed by atoms with Gasteiger partial charge in [-0.05, 0) is 19.1 Å². The van der Waals surface area contributed by atoms with Crippen LogP contribution in [-0.4, -0.2) is 21.0 Å². The molecule has 0 atom stereocenters. The van der Waals surface area contributed by atoms with E-state index < -0.39 is 0 Å². The monoisotopic (exact) mass is 217 g/mol. The zero-order chi connectivity index (χ0) is 11.5. The van der Waals surface area contributed by atoms with Gasteiger partial charge in [0, 0.05) is 5.69 Å². The van der Waals surface area contributed by atoms with Gasteiger partial charge in [-0.2, -0.15) is 0 Å². The van der Waals surface area contributed by atoms with Crippen molar-refractivity contribution < 1.29 is 4.79 Å². The van der Waals surface area contributed by atoms with Gasteiger partial charge in [0.2, 0.25) is 0 Å². The van der Waals surface area contributed by atoms with Crippen molar-refractivity contribution in [2.45, 2.75) is 6.92 Å². The average Bonchev–Trinajstić information content (AvgIpc) is 2.59. The molecular weight excluding hydrogens is 206 g/mol. The van der Waals surface area contributed by atoms with Crippen LogP contribution in [-0.2, 0) is 0 Å². The molecule has 6 heteroatoms.